The summed E-state index contributed by atoms with van der Waals surface area (Å²) in [6.07, 6.45) is 9.91. The fourth-order valence-electron chi connectivity index (χ4n) is 4.84. The Morgan fingerprint density at radius 3 is 2.36 bits per heavy atom. The van der Waals surface area contributed by atoms with Crippen LogP contribution >= 0.6 is 0 Å². The average Bonchev–Trinajstić information content (AvgIpc) is 2.54. The van der Waals surface area contributed by atoms with Crippen LogP contribution in [0.4, 0.5) is 0 Å². The minimum Gasteiger partial charge on any atom is -0.307 e. The van der Waals surface area contributed by atoms with Crippen LogP contribution in [0.1, 0.15) is 75.1 Å². The molecule has 0 heterocycles. The van der Waals surface area contributed by atoms with Gasteiger partial charge < -0.3 is 5.32 Å². The highest BCUT2D eigenvalue weighted by atomic mass is 15.0. The van der Waals surface area contributed by atoms with E-state index >= 15 is 0 Å². The molecule has 1 nitrogen and oxygen atoms in total. The highest BCUT2D eigenvalue weighted by molar-refractivity contribution is 5.48. The summed E-state index contributed by atoms with van der Waals surface area (Å²) in [4.78, 5) is 0. The zero-order valence-corrected chi connectivity index (χ0v) is 17.3. The number of allylic oxidation sites excluding steroid dienone is 1. The minimum absolute atomic E-state index is 0.121. The highest BCUT2D eigenvalue weighted by Gasteiger charge is 2.41. The van der Waals surface area contributed by atoms with Crippen molar-refractivity contribution < 1.29 is 0 Å². The standard InChI is InChI=1S/C24H37N/c1-8-9-10-11-21-14-19(5)23(20(6)15-21)24(25-7)16-18(4)12-13-22(24)17(2)3/h14-16,22,25H,2,8-13H2,1,3-7H3/t22-,24-/m0/s1. The maximum absolute atomic E-state index is 4.33. The van der Waals surface area contributed by atoms with Gasteiger partial charge in [0.05, 0.1) is 5.54 Å². The van der Waals surface area contributed by atoms with Crippen molar-refractivity contribution >= 4 is 0 Å². The second-order valence-corrected chi connectivity index (χ2v) is 8.11. The Balaban J connectivity index is 2.52. The number of hydrogen-bond acceptors (Lipinski definition) is 1. The van der Waals surface area contributed by atoms with Crippen LogP contribution in [0.5, 0.6) is 0 Å². The second-order valence-electron chi connectivity index (χ2n) is 8.11. The van der Waals surface area contributed by atoms with Gasteiger partial charge >= 0.3 is 0 Å². The molecule has 0 saturated carbocycles. The lowest BCUT2D eigenvalue weighted by Crippen LogP contribution is -2.48. The fourth-order valence-corrected chi connectivity index (χ4v) is 4.84. The summed E-state index contributed by atoms with van der Waals surface area (Å²) < 4.78 is 0. The molecule has 0 radical (unpaired) electrons. The summed E-state index contributed by atoms with van der Waals surface area (Å²) in [6, 6.07) is 4.84. The molecule has 1 aliphatic carbocycles. The number of rotatable bonds is 7. The van der Waals surface area contributed by atoms with E-state index < -0.39 is 0 Å². The van der Waals surface area contributed by atoms with Gasteiger partial charge in [0.15, 0.2) is 0 Å². The van der Waals surface area contributed by atoms with E-state index in [2.05, 4.69) is 71.8 Å². The number of nitrogens with one attached hydrogen (secondary N) is 1. The Morgan fingerprint density at radius 2 is 1.84 bits per heavy atom. The predicted molar refractivity (Wildman–Crippen MR) is 111 cm³/mol. The first-order chi connectivity index (χ1) is 11.9. The lowest BCUT2D eigenvalue weighted by atomic mass is 9.66. The normalized spacial score (nSPS) is 23.4. The van der Waals surface area contributed by atoms with Crippen molar-refractivity contribution in [3.8, 4) is 0 Å². The second kappa shape index (κ2) is 8.36. The van der Waals surface area contributed by atoms with Gasteiger partial charge in [-0.2, -0.15) is 0 Å². The highest BCUT2D eigenvalue weighted by Crippen LogP contribution is 2.45. The first-order valence-electron chi connectivity index (χ1n) is 9.99. The predicted octanol–water partition coefficient (Wildman–Crippen LogP) is 6.38. The molecule has 0 saturated heterocycles. The van der Waals surface area contributed by atoms with Gasteiger partial charge in [-0.05, 0) is 82.7 Å². The quantitative estimate of drug-likeness (QED) is 0.449. The van der Waals surface area contributed by atoms with Gasteiger partial charge in [0.1, 0.15) is 0 Å². The lowest BCUT2D eigenvalue weighted by molar-refractivity contribution is 0.289. The van der Waals surface area contributed by atoms with E-state index in [1.165, 1.54) is 71.9 Å². The SMILES string of the molecule is C=C(C)[C@@H]1CCC(C)=C[C@@]1(NC)c1c(C)cc(CCCCC)cc1C. The van der Waals surface area contributed by atoms with Crippen LogP contribution < -0.4 is 5.32 Å². The van der Waals surface area contributed by atoms with E-state index in [-0.39, 0.29) is 5.54 Å². The molecule has 0 fully saturated rings. The van der Waals surface area contributed by atoms with Crippen LogP contribution in [0.2, 0.25) is 0 Å². The van der Waals surface area contributed by atoms with Crippen LogP contribution in [0, 0.1) is 19.8 Å². The number of aryl methyl sites for hydroxylation is 3. The van der Waals surface area contributed by atoms with Crippen molar-refractivity contribution in [1.29, 1.82) is 0 Å². The Labute approximate surface area is 155 Å². The molecule has 1 N–H and O–H groups in total. The first-order valence-corrected chi connectivity index (χ1v) is 9.99. The van der Waals surface area contributed by atoms with Crippen LogP contribution in [0.3, 0.4) is 0 Å². The fraction of sp³-hybridized carbons (Fsp3) is 0.583. The monoisotopic (exact) mass is 339 g/mol. The van der Waals surface area contributed by atoms with Crippen LogP contribution in [-0.2, 0) is 12.0 Å². The molecular formula is C24H37N. The molecule has 0 unspecified atom stereocenters. The van der Waals surface area contributed by atoms with Gasteiger partial charge in [-0.25, -0.2) is 0 Å². The molecule has 1 aliphatic rings. The van der Waals surface area contributed by atoms with Crippen molar-refractivity contribution in [2.75, 3.05) is 7.05 Å². The van der Waals surface area contributed by atoms with Crippen molar-refractivity contribution in [2.24, 2.45) is 5.92 Å². The van der Waals surface area contributed by atoms with Gasteiger partial charge in [0.25, 0.3) is 0 Å². The van der Waals surface area contributed by atoms with E-state index in [4.69, 9.17) is 0 Å². The molecule has 0 amide bonds. The molecule has 0 aliphatic heterocycles. The smallest absolute Gasteiger partial charge is 0.0691 e. The third-order valence-corrected chi connectivity index (χ3v) is 5.93. The number of unbranched alkanes of at least 4 members (excludes halogenated alkanes) is 2. The molecule has 0 aromatic heterocycles. The van der Waals surface area contributed by atoms with Crippen molar-refractivity contribution in [2.45, 2.75) is 78.7 Å². The van der Waals surface area contributed by atoms with Crippen LogP contribution in [0.25, 0.3) is 0 Å². The summed E-state index contributed by atoms with van der Waals surface area (Å²) in [7, 11) is 2.11. The summed E-state index contributed by atoms with van der Waals surface area (Å²) in [5.74, 6) is 0.449. The number of hydrogen-bond donors (Lipinski definition) is 1. The van der Waals surface area contributed by atoms with Gasteiger partial charge in [0, 0.05) is 5.92 Å². The zero-order valence-electron chi connectivity index (χ0n) is 17.3. The largest absolute Gasteiger partial charge is 0.307 e. The van der Waals surface area contributed by atoms with Gasteiger partial charge in [-0.1, -0.05) is 55.7 Å². The van der Waals surface area contributed by atoms with E-state index in [0.29, 0.717) is 5.92 Å². The maximum Gasteiger partial charge on any atom is 0.0691 e. The zero-order chi connectivity index (χ0) is 18.6. The number of benzene rings is 1. The van der Waals surface area contributed by atoms with E-state index in [1.807, 2.05) is 0 Å². The topological polar surface area (TPSA) is 12.0 Å². The van der Waals surface area contributed by atoms with E-state index in [0.717, 1.165) is 0 Å². The molecule has 138 valence electrons. The van der Waals surface area contributed by atoms with Crippen LogP contribution in [0.15, 0.2) is 35.9 Å². The molecule has 2 atom stereocenters. The van der Waals surface area contributed by atoms with Crippen LogP contribution in [-0.4, -0.2) is 7.05 Å². The first kappa shape index (κ1) is 20.0. The molecule has 2 rings (SSSR count). The lowest BCUT2D eigenvalue weighted by Gasteiger charge is -2.45. The molecule has 0 bridgehead atoms. The van der Waals surface area contributed by atoms with Crippen molar-refractivity contribution in [1.82, 2.24) is 5.32 Å². The van der Waals surface area contributed by atoms with E-state index in [9.17, 15) is 0 Å². The molecule has 1 heteroatoms. The summed E-state index contributed by atoms with van der Waals surface area (Å²) in [5.41, 5.74) is 8.42. The Bertz CT molecular complexity index is 629. The molecule has 25 heavy (non-hydrogen) atoms. The minimum atomic E-state index is -0.121. The van der Waals surface area contributed by atoms with Crippen molar-refractivity contribution in [3.05, 3.63) is 58.2 Å². The van der Waals surface area contributed by atoms with Gasteiger partial charge in [0.2, 0.25) is 0 Å². The maximum atomic E-state index is 4.33. The number of likely N-dealkylation sites (N-methyl/N-ethyl adjacent to an activating group) is 1. The Kier molecular flexibility index (Phi) is 6.68. The Hall–Kier alpha value is -1.34. The summed E-state index contributed by atoms with van der Waals surface area (Å²) in [6.45, 7) is 15.6. The van der Waals surface area contributed by atoms with Gasteiger partial charge in [-0.15, -0.1) is 0 Å². The molecule has 1 aromatic carbocycles. The average molecular weight is 340 g/mol. The van der Waals surface area contributed by atoms with Crippen molar-refractivity contribution in [3.63, 3.8) is 0 Å². The van der Waals surface area contributed by atoms with E-state index in [1.54, 1.807) is 0 Å². The summed E-state index contributed by atoms with van der Waals surface area (Å²) in [5, 5.41) is 3.71. The Morgan fingerprint density at radius 1 is 1.20 bits per heavy atom. The molecular weight excluding hydrogens is 302 g/mol. The third-order valence-electron chi connectivity index (χ3n) is 5.93. The molecule has 0 spiro atoms. The third kappa shape index (κ3) is 4.08. The molecule has 1 aromatic rings. The summed E-state index contributed by atoms with van der Waals surface area (Å²) >= 11 is 0. The van der Waals surface area contributed by atoms with Gasteiger partial charge in [-0.3, -0.25) is 0 Å².